The van der Waals surface area contributed by atoms with E-state index in [1.54, 1.807) is 5.57 Å². The van der Waals surface area contributed by atoms with Gasteiger partial charge in [0.1, 0.15) is 0 Å². The first-order valence-corrected chi connectivity index (χ1v) is 5.09. The van der Waals surface area contributed by atoms with Gasteiger partial charge in [-0.15, -0.1) is 0 Å². The van der Waals surface area contributed by atoms with Crippen molar-refractivity contribution >= 4 is 0 Å². The van der Waals surface area contributed by atoms with Gasteiger partial charge in [-0.1, -0.05) is 25.5 Å². The fourth-order valence-electron chi connectivity index (χ4n) is 1.94. The second kappa shape index (κ2) is 4.66. The van der Waals surface area contributed by atoms with Crippen molar-refractivity contribution in [1.29, 1.82) is 0 Å². The van der Waals surface area contributed by atoms with Crippen LogP contribution < -0.4 is 5.32 Å². The lowest BCUT2D eigenvalue weighted by molar-refractivity contribution is 0.417. The zero-order valence-corrected chi connectivity index (χ0v) is 8.56. The topological polar surface area (TPSA) is 12.0 Å². The molecule has 1 heterocycles. The first-order chi connectivity index (χ1) is 5.70. The second-order valence-electron chi connectivity index (χ2n) is 4.18. The molecule has 0 amide bonds. The maximum absolute atomic E-state index is 3.40. The van der Waals surface area contributed by atoms with Gasteiger partial charge in [0.2, 0.25) is 0 Å². The van der Waals surface area contributed by atoms with E-state index in [1.165, 1.54) is 25.9 Å². The van der Waals surface area contributed by atoms with Gasteiger partial charge in [0.25, 0.3) is 0 Å². The lowest BCUT2D eigenvalue weighted by atomic mass is 9.89. The summed E-state index contributed by atoms with van der Waals surface area (Å²) in [5, 5.41) is 3.40. The van der Waals surface area contributed by atoms with Crippen LogP contribution in [0.5, 0.6) is 0 Å². The van der Waals surface area contributed by atoms with E-state index in [2.05, 4.69) is 32.2 Å². The molecule has 0 spiro atoms. The minimum Gasteiger partial charge on any atom is -0.317 e. The predicted octanol–water partition coefficient (Wildman–Crippen LogP) is 2.59. The number of hydrogen-bond donors (Lipinski definition) is 1. The van der Waals surface area contributed by atoms with E-state index < -0.39 is 0 Å². The molecule has 0 aromatic carbocycles. The van der Waals surface area contributed by atoms with Gasteiger partial charge in [-0.2, -0.15) is 0 Å². The predicted molar refractivity (Wildman–Crippen MR) is 54.2 cm³/mol. The van der Waals surface area contributed by atoms with E-state index in [1.807, 2.05) is 0 Å². The standard InChI is InChI=1S/C11H21N/c1-9(2)8-10(3)11-4-6-12-7-5-11/h8-9,11-12H,4-7H2,1-3H3/b10-8-. The highest BCUT2D eigenvalue weighted by molar-refractivity contribution is 5.05. The number of hydrogen-bond acceptors (Lipinski definition) is 1. The quantitative estimate of drug-likeness (QED) is 0.623. The summed E-state index contributed by atoms with van der Waals surface area (Å²) in [7, 11) is 0. The number of nitrogens with one attached hydrogen (secondary N) is 1. The van der Waals surface area contributed by atoms with E-state index >= 15 is 0 Å². The molecule has 1 fully saturated rings. The zero-order valence-electron chi connectivity index (χ0n) is 8.56. The molecule has 1 rings (SSSR count). The molecule has 0 atom stereocenters. The average molecular weight is 167 g/mol. The molecule has 1 heteroatoms. The van der Waals surface area contributed by atoms with Crippen LogP contribution >= 0.6 is 0 Å². The van der Waals surface area contributed by atoms with Crippen molar-refractivity contribution in [3.05, 3.63) is 11.6 Å². The summed E-state index contributed by atoms with van der Waals surface area (Å²) in [5.41, 5.74) is 1.60. The minimum atomic E-state index is 0.708. The Hall–Kier alpha value is -0.300. The van der Waals surface area contributed by atoms with Crippen LogP contribution in [0.3, 0.4) is 0 Å². The van der Waals surface area contributed by atoms with Crippen molar-refractivity contribution < 1.29 is 0 Å². The lowest BCUT2D eigenvalue weighted by Gasteiger charge is -2.23. The summed E-state index contributed by atoms with van der Waals surface area (Å²) in [5.74, 6) is 1.56. The third kappa shape index (κ3) is 2.98. The van der Waals surface area contributed by atoms with Gasteiger partial charge in [-0.3, -0.25) is 0 Å². The highest BCUT2D eigenvalue weighted by Crippen LogP contribution is 2.21. The molecule has 0 aromatic heterocycles. The monoisotopic (exact) mass is 167 g/mol. The van der Waals surface area contributed by atoms with Crippen LogP contribution in [0.4, 0.5) is 0 Å². The molecule has 0 aliphatic carbocycles. The van der Waals surface area contributed by atoms with Gasteiger partial charge in [0, 0.05) is 0 Å². The molecule has 0 bridgehead atoms. The minimum absolute atomic E-state index is 0.708. The Kier molecular flexibility index (Phi) is 3.80. The molecule has 1 aliphatic heterocycles. The largest absolute Gasteiger partial charge is 0.317 e. The smallest absolute Gasteiger partial charge is 0.00432 e. The van der Waals surface area contributed by atoms with Crippen molar-refractivity contribution in [3.63, 3.8) is 0 Å². The SMILES string of the molecule is C/C(=C/C(C)C)C1CCNCC1. The Bertz CT molecular complexity index is 152. The highest BCUT2D eigenvalue weighted by atomic mass is 14.9. The Morgan fingerprint density at radius 2 is 1.92 bits per heavy atom. The molecule has 0 aromatic rings. The van der Waals surface area contributed by atoms with E-state index in [4.69, 9.17) is 0 Å². The Labute approximate surface area is 76.2 Å². The summed E-state index contributed by atoms with van der Waals surface area (Å²) in [4.78, 5) is 0. The molecule has 1 nitrogen and oxygen atoms in total. The normalized spacial score (nSPS) is 21.8. The van der Waals surface area contributed by atoms with Crippen LogP contribution in [0.15, 0.2) is 11.6 Å². The highest BCUT2D eigenvalue weighted by Gasteiger charge is 2.14. The third-order valence-corrected chi connectivity index (χ3v) is 2.58. The second-order valence-corrected chi connectivity index (χ2v) is 4.18. The molecule has 0 unspecified atom stereocenters. The van der Waals surface area contributed by atoms with Gasteiger partial charge < -0.3 is 5.32 Å². The van der Waals surface area contributed by atoms with E-state index in [9.17, 15) is 0 Å². The van der Waals surface area contributed by atoms with Gasteiger partial charge in [-0.05, 0) is 44.7 Å². The van der Waals surface area contributed by atoms with Gasteiger partial charge in [0.05, 0.1) is 0 Å². The van der Waals surface area contributed by atoms with Crippen molar-refractivity contribution in [2.24, 2.45) is 11.8 Å². The molecule has 1 aliphatic rings. The fraction of sp³-hybridized carbons (Fsp3) is 0.818. The molecule has 0 radical (unpaired) electrons. The summed E-state index contributed by atoms with van der Waals surface area (Å²) in [6.45, 7) is 9.20. The zero-order chi connectivity index (χ0) is 8.97. The van der Waals surface area contributed by atoms with Gasteiger partial charge in [-0.25, -0.2) is 0 Å². The van der Waals surface area contributed by atoms with Crippen LogP contribution in [0.1, 0.15) is 33.6 Å². The maximum atomic E-state index is 3.40. The number of piperidine rings is 1. The summed E-state index contributed by atoms with van der Waals surface area (Å²) in [6, 6.07) is 0. The third-order valence-electron chi connectivity index (χ3n) is 2.58. The van der Waals surface area contributed by atoms with Crippen LogP contribution in [0.25, 0.3) is 0 Å². The van der Waals surface area contributed by atoms with Crippen molar-refractivity contribution in [2.45, 2.75) is 33.6 Å². The van der Waals surface area contributed by atoms with Gasteiger partial charge in [0.15, 0.2) is 0 Å². The summed E-state index contributed by atoms with van der Waals surface area (Å²) < 4.78 is 0. The van der Waals surface area contributed by atoms with Crippen LogP contribution in [0.2, 0.25) is 0 Å². The van der Waals surface area contributed by atoms with Crippen LogP contribution in [-0.4, -0.2) is 13.1 Å². The summed E-state index contributed by atoms with van der Waals surface area (Å²) >= 11 is 0. The Morgan fingerprint density at radius 3 is 2.42 bits per heavy atom. The molecule has 1 saturated heterocycles. The number of allylic oxidation sites excluding steroid dienone is 2. The molecular formula is C11H21N. The van der Waals surface area contributed by atoms with E-state index in [0.717, 1.165) is 5.92 Å². The average Bonchev–Trinajstić information content (AvgIpc) is 2.05. The molecule has 70 valence electrons. The fourth-order valence-corrected chi connectivity index (χ4v) is 1.94. The molecular weight excluding hydrogens is 146 g/mol. The molecule has 0 saturated carbocycles. The molecule has 12 heavy (non-hydrogen) atoms. The van der Waals surface area contributed by atoms with Crippen LogP contribution in [-0.2, 0) is 0 Å². The Morgan fingerprint density at radius 1 is 1.33 bits per heavy atom. The van der Waals surface area contributed by atoms with Gasteiger partial charge >= 0.3 is 0 Å². The van der Waals surface area contributed by atoms with E-state index in [0.29, 0.717) is 5.92 Å². The summed E-state index contributed by atoms with van der Waals surface area (Å²) in [6.07, 6.45) is 5.07. The van der Waals surface area contributed by atoms with Crippen molar-refractivity contribution in [2.75, 3.05) is 13.1 Å². The van der Waals surface area contributed by atoms with E-state index in [-0.39, 0.29) is 0 Å². The van der Waals surface area contributed by atoms with Crippen molar-refractivity contribution in [3.8, 4) is 0 Å². The first-order valence-electron chi connectivity index (χ1n) is 5.09. The van der Waals surface area contributed by atoms with Crippen LogP contribution in [0, 0.1) is 11.8 Å². The van der Waals surface area contributed by atoms with Crippen molar-refractivity contribution in [1.82, 2.24) is 5.32 Å². The maximum Gasteiger partial charge on any atom is -0.00432 e. The number of rotatable bonds is 2. The Balaban J connectivity index is 2.44. The first kappa shape index (κ1) is 9.79. The lowest BCUT2D eigenvalue weighted by Crippen LogP contribution is -2.28. The molecule has 1 N–H and O–H groups in total.